The van der Waals surface area contributed by atoms with Crippen molar-refractivity contribution in [1.82, 2.24) is 20.1 Å². The molecule has 1 amide bonds. The first-order chi connectivity index (χ1) is 14.7. The Kier molecular flexibility index (Phi) is 8.59. The maximum absolute atomic E-state index is 12.6. The molecule has 31 heavy (non-hydrogen) atoms. The fourth-order valence-electron chi connectivity index (χ4n) is 4.39. The van der Waals surface area contributed by atoms with Gasteiger partial charge in [0.25, 0.3) is 5.91 Å². The molecule has 2 aromatic rings. The van der Waals surface area contributed by atoms with Gasteiger partial charge in [-0.1, -0.05) is 18.2 Å². The maximum atomic E-state index is 12.6. The van der Waals surface area contributed by atoms with Gasteiger partial charge < -0.3 is 24.8 Å². The van der Waals surface area contributed by atoms with Crippen LogP contribution >= 0.6 is 24.0 Å². The summed E-state index contributed by atoms with van der Waals surface area (Å²) in [5.41, 5.74) is 3.79. The molecule has 1 aromatic heterocycles. The standard InChI is InChI=1S/C23H33N5O2.HI/c1-3-24-23(25-10-9-18-16-26-21-17(2)6-4-7-19(18)21)28-13-11-27(12-14-28)22(29)20-8-5-15-30-20;/h4,6-7,16,20,26H,3,5,8-15H2,1-2H3,(H,24,25);1H. The van der Waals surface area contributed by atoms with Crippen LogP contribution < -0.4 is 5.32 Å². The number of aryl methyl sites for hydroxylation is 1. The number of guanidine groups is 1. The Morgan fingerprint density at radius 3 is 2.74 bits per heavy atom. The zero-order chi connectivity index (χ0) is 20.9. The fourth-order valence-corrected chi connectivity index (χ4v) is 4.39. The minimum absolute atomic E-state index is 0. The summed E-state index contributed by atoms with van der Waals surface area (Å²) in [6.45, 7) is 9.56. The number of nitrogens with one attached hydrogen (secondary N) is 2. The molecule has 0 bridgehead atoms. The normalized spacial score (nSPS) is 19.5. The number of rotatable bonds is 5. The average molecular weight is 539 g/mol. The van der Waals surface area contributed by atoms with E-state index < -0.39 is 0 Å². The molecular weight excluding hydrogens is 505 g/mol. The van der Waals surface area contributed by atoms with Crippen molar-refractivity contribution in [2.24, 2.45) is 4.99 Å². The van der Waals surface area contributed by atoms with E-state index in [-0.39, 0.29) is 36.0 Å². The number of benzene rings is 1. The average Bonchev–Trinajstić information content (AvgIpc) is 3.44. The summed E-state index contributed by atoms with van der Waals surface area (Å²) in [5.74, 6) is 1.10. The molecule has 2 fully saturated rings. The molecule has 1 atom stereocenters. The van der Waals surface area contributed by atoms with Crippen LogP contribution in [0, 0.1) is 6.92 Å². The predicted octanol–water partition coefficient (Wildman–Crippen LogP) is 2.93. The highest BCUT2D eigenvalue weighted by atomic mass is 127. The number of carbonyl (C=O) groups excluding carboxylic acids is 1. The van der Waals surface area contributed by atoms with Crippen molar-refractivity contribution >= 4 is 46.7 Å². The first kappa shape index (κ1) is 23.8. The summed E-state index contributed by atoms with van der Waals surface area (Å²) in [6, 6.07) is 6.42. The van der Waals surface area contributed by atoms with Gasteiger partial charge in [-0.15, -0.1) is 24.0 Å². The molecule has 2 saturated heterocycles. The summed E-state index contributed by atoms with van der Waals surface area (Å²) < 4.78 is 5.56. The number of hydrogen-bond donors (Lipinski definition) is 2. The molecule has 0 radical (unpaired) electrons. The van der Waals surface area contributed by atoms with Crippen LogP contribution in [0.5, 0.6) is 0 Å². The second-order valence-corrected chi connectivity index (χ2v) is 8.11. The molecule has 0 spiro atoms. The number of amides is 1. The molecule has 1 unspecified atom stereocenters. The third-order valence-electron chi connectivity index (χ3n) is 6.08. The number of aromatic amines is 1. The Morgan fingerprint density at radius 1 is 1.26 bits per heavy atom. The van der Waals surface area contributed by atoms with Crippen molar-refractivity contribution in [3.8, 4) is 0 Å². The molecule has 4 rings (SSSR count). The van der Waals surface area contributed by atoms with Crippen molar-refractivity contribution in [2.45, 2.75) is 39.2 Å². The molecule has 2 aliphatic rings. The summed E-state index contributed by atoms with van der Waals surface area (Å²) in [6.07, 6.45) is 4.63. The first-order valence-electron chi connectivity index (χ1n) is 11.2. The fraction of sp³-hybridized carbons (Fsp3) is 0.565. The quantitative estimate of drug-likeness (QED) is 0.348. The van der Waals surface area contributed by atoms with Gasteiger partial charge in [0.15, 0.2) is 5.96 Å². The van der Waals surface area contributed by atoms with Gasteiger partial charge in [0, 0.05) is 63.0 Å². The highest BCUT2D eigenvalue weighted by molar-refractivity contribution is 14.0. The van der Waals surface area contributed by atoms with Gasteiger partial charge in [-0.2, -0.15) is 0 Å². The Hall–Kier alpha value is -1.81. The van der Waals surface area contributed by atoms with E-state index in [9.17, 15) is 4.79 Å². The third kappa shape index (κ3) is 5.52. The zero-order valence-electron chi connectivity index (χ0n) is 18.5. The van der Waals surface area contributed by atoms with E-state index in [1.54, 1.807) is 0 Å². The van der Waals surface area contributed by atoms with Gasteiger partial charge in [0.1, 0.15) is 6.10 Å². The van der Waals surface area contributed by atoms with E-state index in [0.717, 1.165) is 64.5 Å². The largest absolute Gasteiger partial charge is 0.368 e. The molecule has 0 saturated carbocycles. The van der Waals surface area contributed by atoms with Crippen LogP contribution in [0.2, 0.25) is 0 Å². The van der Waals surface area contributed by atoms with Gasteiger partial charge in [-0.3, -0.25) is 9.79 Å². The topological polar surface area (TPSA) is 73.0 Å². The first-order valence-corrected chi connectivity index (χ1v) is 11.2. The summed E-state index contributed by atoms with van der Waals surface area (Å²) in [4.78, 5) is 25.1. The lowest BCUT2D eigenvalue weighted by molar-refractivity contribution is -0.142. The van der Waals surface area contributed by atoms with Crippen molar-refractivity contribution < 1.29 is 9.53 Å². The second kappa shape index (κ2) is 11.2. The lowest BCUT2D eigenvalue weighted by Gasteiger charge is -2.37. The molecule has 2 N–H and O–H groups in total. The van der Waals surface area contributed by atoms with Gasteiger partial charge in [0.2, 0.25) is 0 Å². The highest BCUT2D eigenvalue weighted by Gasteiger charge is 2.30. The molecule has 2 aliphatic heterocycles. The van der Waals surface area contributed by atoms with E-state index in [1.165, 1.54) is 22.0 Å². The van der Waals surface area contributed by atoms with Crippen molar-refractivity contribution in [3.63, 3.8) is 0 Å². The Bertz CT molecular complexity index is 899. The number of carbonyl (C=O) groups is 1. The van der Waals surface area contributed by atoms with Crippen molar-refractivity contribution in [1.29, 1.82) is 0 Å². The van der Waals surface area contributed by atoms with E-state index in [2.05, 4.69) is 53.4 Å². The lowest BCUT2D eigenvalue weighted by atomic mass is 10.1. The Balaban J connectivity index is 0.00000272. The van der Waals surface area contributed by atoms with Crippen LogP contribution in [-0.4, -0.2) is 78.6 Å². The molecule has 3 heterocycles. The van der Waals surface area contributed by atoms with Gasteiger partial charge in [-0.25, -0.2) is 0 Å². The van der Waals surface area contributed by atoms with Gasteiger partial charge in [-0.05, 0) is 44.2 Å². The van der Waals surface area contributed by atoms with E-state index in [4.69, 9.17) is 9.73 Å². The van der Waals surface area contributed by atoms with E-state index >= 15 is 0 Å². The van der Waals surface area contributed by atoms with Crippen LogP contribution in [0.1, 0.15) is 30.9 Å². The smallest absolute Gasteiger partial charge is 0.251 e. The lowest BCUT2D eigenvalue weighted by Crippen LogP contribution is -2.55. The second-order valence-electron chi connectivity index (χ2n) is 8.11. The minimum Gasteiger partial charge on any atom is -0.368 e. The van der Waals surface area contributed by atoms with Crippen LogP contribution in [-0.2, 0) is 16.0 Å². The Labute approximate surface area is 201 Å². The highest BCUT2D eigenvalue weighted by Crippen LogP contribution is 2.21. The SMILES string of the molecule is CCNC(=NCCc1c[nH]c2c(C)cccc12)N1CCN(C(=O)C2CCCO2)CC1.I. The number of aliphatic imine (C=N–C) groups is 1. The number of ether oxygens (including phenoxy) is 1. The van der Waals surface area contributed by atoms with Gasteiger partial charge >= 0.3 is 0 Å². The maximum Gasteiger partial charge on any atom is 0.251 e. The van der Waals surface area contributed by atoms with E-state index in [0.29, 0.717) is 6.61 Å². The number of para-hydroxylation sites is 1. The molecule has 7 nitrogen and oxygen atoms in total. The number of hydrogen-bond acceptors (Lipinski definition) is 3. The number of nitrogens with zero attached hydrogens (tertiary/aromatic N) is 3. The molecular formula is C23H34IN5O2. The number of H-pyrrole nitrogens is 1. The van der Waals surface area contributed by atoms with Crippen LogP contribution in [0.25, 0.3) is 10.9 Å². The monoisotopic (exact) mass is 539 g/mol. The summed E-state index contributed by atoms with van der Waals surface area (Å²) in [7, 11) is 0. The van der Waals surface area contributed by atoms with Gasteiger partial charge in [0.05, 0.1) is 0 Å². The number of halogens is 1. The van der Waals surface area contributed by atoms with Crippen LogP contribution in [0.3, 0.4) is 0 Å². The van der Waals surface area contributed by atoms with Crippen molar-refractivity contribution in [3.05, 3.63) is 35.5 Å². The number of fused-ring (bicyclic) bond motifs is 1. The minimum atomic E-state index is -0.224. The van der Waals surface area contributed by atoms with E-state index in [1.807, 2.05) is 4.90 Å². The van der Waals surface area contributed by atoms with Crippen LogP contribution in [0.4, 0.5) is 0 Å². The zero-order valence-corrected chi connectivity index (χ0v) is 20.9. The predicted molar refractivity (Wildman–Crippen MR) is 135 cm³/mol. The third-order valence-corrected chi connectivity index (χ3v) is 6.08. The molecule has 1 aromatic carbocycles. The van der Waals surface area contributed by atoms with Crippen LogP contribution in [0.15, 0.2) is 29.4 Å². The molecule has 170 valence electrons. The number of aromatic nitrogens is 1. The summed E-state index contributed by atoms with van der Waals surface area (Å²) in [5, 5.41) is 4.71. The number of piperazine rings is 1. The molecule has 0 aliphatic carbocycles. The summed E-state index contributed by atoms with van der Waals surface area (Å²) >= 11 is 0. The molecule has 8 heteroatoms. The van der Waals surface area contributed by atoms with Crippen molar-refractivity contribution in [2.75, 3.05) is 45.9 Å². The Morgan fingerprint density at radius 2 is 2.03 bits per heavy atom.